The zero-order chi connectivity index (χ0) is 8.10. The maximum Gasteiger partial charge on any atom is 0.173 e. The van der Waals surface area contributed by atoms with Crippen molar-refractivity contribution < 1.29 is 4.52 Å². The third kappa shape index (κ3) is 2.11. The van der Waals surface area contributed by atoms with Gasteiger partial charge in [-0.25, -0.2) is 0 Å². The van der Waals surface area contributed by atoms with E-state index in [2.05, 4.69) is 24.0 Å². The first-order chi connectivity index (χ1) is 5.36. The molecule has 0 aromatic carbocycles. The van der Waals surface area contributed by atoms with Crippen LogP contribution in [0.2, 0.25) is 0 Å². The second-order valence-electron chi connectivity index (χ2n) is 2.28. The lowest BCUT2D eigenvalue weighted by Crippen LogP contribution is -1.83. The summed E-state index contributed by atoms with van der Waals surface area (Å²) in [6.45, 7) is 5.62. The lowest BCUT2D eigenvalue weighted by atomic mass is 10.3. The Morgan fingerprint density at radius 3 is 3.27 bits per heavy atom. The summed E-state index contributed by atoms with van der Waals surface area (Å²) < 4.78 is 5.00. The minimum absolute atomic E-state index is 0.725. The number of hydrogen-bond donors (Lipinski definition) is 1. The second kappa shape index (κ2) is 3.81. The molecule has 3 heteroatoms. The average Bonchev–Trinajstić information content (AvgIpc) is 2.38. The van der Waals surface area contributed by atoms with Gasteiger partial charge < -0.3 is 9.84 Å². The predicted molar refractivity (Wildman–Crippen MR) is 44.3 cm³/mol. The van der Waals surface area contributed by atoms with Crippen LogP contribution >= 0.6 is 0 Å². The molecule has 0 atom stereocenters. The molecule has 0 fully saturated rings. The molecule has 0 aliphatic rings. The Morgan fingerprint density at radius 1 is 1.82 bits per heavy atom. The van der Waals surface area contributed by atoms with Crippen molar-refractivity contribution >= 4 is 5.82 Å². The van der Waals surface area contributed by atoms with Gasteiger partial charge in [0.1, 0.15) is 5.76 Å². The van der Waals surface area contributed by atoms with Gasteiger partial charge in [-0.1, -0.05) is 18.7 Å². The molecule has 3 nitrogen and oxygen atoms in total. The number of rotatable bonds is 4. The van der Waals surface area contributed by atoms with Gasteiger partial charge in [-0.15, -0.1) is 0 Å². The van der Waals surface area contributed by atoms with E-state index in [1.165, 1.54) is 0 Å². The maximum absolute atomic E-state index is 5.00. The van der Waals surface area contributed by atoms with Gasteiger partial charge >= 0.3 is 0 Å². The summed E-state index contributed by atoms with van der Waals surface area (Å²) in [4.78, 5) is 0. The summed E-state index contributed by atoms with van der Waals surface area (Å²) in [6, 6.07) is 1.88. The van der Waals surface area contributed by atoms with Crippen molar-refractivity contribution in [3.05, 3.63) is 24.6 Å². The van der Waals surface area contributed by atoms with Gasteiger partial charge in [-0.2, -0.15) is 0 Å². The second-order valence-corrected chi connectivity index (χ2v) is 2.28. The summed E-state index contributed by atoms with van der Waals surface area (Å²) in [5.41, 5.74) is 0. The molecule has 0 aliphatic carbocycles. The first-order valence-electron chi connectivity index (χ1n) is 3.70. The molecule has 0 saturated carbocycles. The molecule has 0 radical (unpaired) electrons. The summed E-state index contributed by atoms with van der Waals surface area (Å²) >= 11 is 0. The van der Waals surface area contributed by atoms with Crippen LogP contribution < -0.4 is 5.32 Å². The van der Waals surface area contributed by atoms with Crippen LogP contribution in [0.5, 0.6) is 0 Å². The number of hydrogen-bond acceptors (Lipinski definition) is 3. The van der Waals surface area contributed by atoms with Crippen molar-refractivity contribution in [1.82, 2.24) is 5.16 Å². The highest BCUT2D eigenvalue weighted by Crippen LogP contribution is 2.09. The van der Waals surface area contributed by atoms with Crippen molar-refractivity contribution in [2.24, 2.45) is 0 Å². The Bertz CT molecular complexity index is 230. The first-order valence-corrected chi connectivity index (χ1v) is 3.70. The van der Waals surface area contributed by atoms with Crippen LogP contribution in [0.4, 0.5) is 5.82 Å². The van der Waals surface area contributed by atoms with E-state index in [0.717, 1.165) is 24.4 Å². The highest BCUT2D eigenvalue weighted by molar-refractivity contribution is 5.36. The summed E-state index contributed by atoms with van der Waals surface area (Å²) in [6.07, 6.45) is 3.59. The average molecular weight is 152 g/mol. The molecule has 0 aliphatic heterocycles. The van der Waals surface area contributed by atoms with E-state index in [0.29, 0.717) is 0 Å². The van der Waals surface area contributed by atoms with E-state index in [1.807, 2.05) is 6.07 Å². The van der Waals surface area contributed by atoms with Crippen molar-refractivity contribution in [2.45, 2.75) is 19.8 Å². The van der Waals surface area contributed by atoms with Gasteiger partial charge in [0, 0.05) is 12.5 Å². The number of nitrogens with zero attached hydrogens (tertiary/aromatic N) is 1. The van der Waals surface area contributed by atoms with Crippen molar-refractivity contribution in [2.75, 3.05) is 5.32 Å². The van der Waals surface area contributed by atoms with Crippen LogP contribution in [-0.4, -0.2) is 5.16 Å². The molecule has 11 heavy (non-hydrogen) atoms. The molecule has 60 valence electrons. The summed E-state index contributed by atoms with van der Waals surface area (Å²) in [5.74, 6) is 1.64. The van der Waals surface area contributed by atoms with Gasteiger partial charge in [-0.3, -0.25) is 0 Å². The maximum atomic E-state index is 5.00. The third-order valence-corrected chi connectivity index (χ3v) is 1.31. The van der Waals surface area contributed by atoms with Gasteiger partial charge in [0.05, 0.1) is 0 Å². The minimum atomic E-state index is 0.725. The zero-order valence-electron chi connectivity index (χ0n) is 6.63. The fraction of sp³-hybridized carbons (Fsp3) is 0.375. The standard InChI is InChI=1S/C8H12N2O/c1-3-5-7-6-8(9-4-2)10-11-7/h4,6H,2-3,5H2,1H3,(H,9,10). The highest BCUT2D eigenvalue weighted by atomic mass is 16.5. The van der Waals surface area contributed by atoms with E-state index in [4.69, 9.17) is 4.52 Å². The fourth-order valence-corrected chi connectivity index (χ4v) is 0.850. The van der Waals surface area contributed by atoms with Gasteiger partial charge in [0.15, 0.2) is 5.82 Å². The molecule has 0 saturated heterocycles. The van der Waals surface area contributed by atoms with Crippen molar-refractivity contribution in [3.8, 4) is 0 Å². The number of aryl methyl sites for hydroxylation is 1. The topological polar surface area (TPSA) is 38.1 Å². The molecule has 0 spiro atoms. The van der Waals surface area contributed by atoms with Crippen molar-refractivity contribution in [1.29, 1.82) is 0 Å². The first kappa shape index (κ1) is 7.85. The molecule has 0 unspecified atom stereocenters. The SMILES string of the molecule is C=CNc1cc(CCC)on1. The molecule has 1 rings (SSSR count). The number of nitrogens with one attached hydrogen (secondary N) is 1. The molecular weight excluding hydrogens is 140 g/mol. The van der Waals surface area contributed by atoms with Crippen LogP contribution in [0.1, 0.15) is 19.1 Å². The van der Waals surface area contributed by atoms with Gasteiger partial charge in [-0.05, 0) is 12.6 Å². The van der Waals surface area contributed by atoms with E-state index in [-0.39, 0.29) is 0 Å². The van der Waals surface area contributed by atoms with Crippen LogP contribution in [0.25, 0.3) is 0 Å². The third-order valence-electron chi connectivity index (χ3n) is 1.31. The lowest BCUT2D eigenvalue weighted by molar-refractivity contribution is 0.384. The number of aromatic nitrogens is 1. The van der Waals surface area contributed by atoms with E-state index < -0.39 is 0 Å². The highest BCUT2D eigenvalue weighted by Gasteiger charge is 1.99. The Balaban J connectivity index is 2.57. The Labute approximate surface area is 66.1 Å². The van der Waals surface area contributed by atoms with E-state index in [9.17, 15) is 0 Å². The molecule has 0 bridgehead atoms. The monoisotopic (exact) mass is 152 g/mol. The van der Waals surface area contributed by atoms with E-state index >= 15 is 0 Å². The van der Waals surface area contributed by atoms with Crippen LogP contribution in [0.15, 0.2) is 23.4 Å². The van der Waals surface area contributed by atoms with Gasteiger partial charge in [0.25, 0.3) is 0 Å². The number of anilines is 1. The largest absolute Gasteiger partial charge is 0.359 e. The summed E-state index contributed by atoms with van der Waals surface area (Å²) in [5, 5.41) is 6.61. The van der Waals surface area contributed by atoms with Crippen molar-refractivity contribution in [3.63, 3.8) is 0 Å². The molecule has 0 amide bonds. The predicted octanol–water partition coefficient (Wildman–Crippen LogP) is 2.18. The van der Waals surface area contributed by atoms with Crippen LogP contribution in [0.3, 0.4) is 0 Å². The smallest absolute Gasteiger partial charge is 0.173 e. The van der Waals surface area contributed by atoms with Crippen LogP contribution in [0, 0.1) is 0 Å². The summed E-state index contributed by atoms with van der Waals surface area (Å²) in [7, 11) is 0. The van der Waals surface area contributed by atoms with E-state index in [1.54, 1.807) is 6.20 Å². The minimum Gasteiger partial charge on any atom is -0.359 e. The molecule has 1 N–H and O–H groups in total. The quantitative estimate of drug-likeness (QED) is 0.718. The Kier molecular flexibility index (Phi) is 2.72. The van der Waals surface area contributed by atoms with Crippen LogP contribution in [-0.2, 0) is 6.42 Å². The lowest BCUT2D eigenvalue weighted by Gasteiger charge is -1.86. The zero-order valence-corrected chi connectivity index (χ0v) is 6.63. The van der Waals surface area contributed by atoms with Gasteiger partial charge in [0.2, 0.25) is 0 Å². The fourth-order valence-electron chi connectivity index (χ4n) is 0.850. The molecule has 1 heterocycles. The molecule has 1 aromatic rings. The molecular formula is C8H12N2O. The normalized spacial score (nSPS) is 9.55. The Morgan fingerprint density at radius 2 is 2.64 bits per heavy atom. The molecule has 1 aromatic heterocycles. The Hall–Kier alpha value is -1.25.